The van der Waals surface area contributed by atoms with E-state index in [1.165, 1.54) is 62.1 Å². The number of unbranched alkanes of at least 4 members (excludes halogenated alkanes) is 9. The summed E-state index contributed by atoms with van der Waals surface area (Å²) in [6.07, 6.45) is 12.6. The molecule has 0 amide bonds. The van der Waals surface area contributed by atoms with E-state index in [-0.39, 0.29) is 13.2 Å². The number of carbonyl (C=O) groups is 1. The van der Waals surface area contributed by atoms with Gasteiger partial charge in [0.25, 0.3) is 0 Å². The Balaban J connectivity index is 1.27. The van der Waals surface area contributed by atoms with Crippen LogP contribution in [0.2, 0.25) is 0 Å². The van der Waals surface area contributed by atoms with Crippen molar-refractivity contribution >= 4 is 24.3 Å². The summed E-state index contributed by atoms with van der Waals surface area (Å²) in [4.78, 5) is 21.9. The summed E-state index contributed by atoms with van der Waals surface area (Å²) >= 11 is 0. The minimum Gasteiger partial charge on any atom is -0.479 e. The first kappa shape index (κ1) is 34.9. The molecule has 2 atom stereocenters. The molecule has 10 nitrogen and oxygen atoms in total. The lowest BCUT2D eigenvalue weighted by molar-refractivity contribution is -0.149. The number of hydrogen-bond donors (Lipinski definition) is 3. The van der Waals surface area contributed by atoms with E-state index in [0.717, 1.165) is 24.9 Å². The zero-order chi connectivity index (χ0) is 30.8. The minimum absolute atomic E-state index is 0.0259. The second-order valence-electron chi connectivity index (χ2n) is 11.2. The van der Waals surface area contributed by atoms with Gasteiger partial charge < -0.3 is 24.6 Å². The molecule has 0 fully saturated rings. The normalized spacial score (nSPS) is 13.7. The number of aryl methyl sites for hydroxylation is 1. The van der Waals surface area contributed by atoms with Crippen molar-refractivity contribution in [1.82, 2.24) is 20.3 Å². The molecule has 238 valence electrons. The summed E-state index contributed by atoms with van der Waals surface area (Å²) in [7, 11) is -4.16. The number of aromatic nitrogens is 3. The van der Waals surface area contributed by atoms with Gasteiger partial charge in [0.05, 0.1) is 25.6 Å². The van der Waals surface area contributed by atoms with Crippen LogP contribution in [0.15, 0.2) is 48.7 Å². The van der Waals surface area contributed by atoms with Crippen LogP contribution in [-0.2, 0) is 38.3 Å². The number of nitrogens with zero attached hydrogens (tertiary/aromatic N) is 3. The van der Waals surface area contributed by atoms with Gasteiger partial charge in [-0.2, -0.15) is 0 Å². The quantitative estimate of drug-likeness (QED) is 0.0742. The van der Waals surface area contributed by atoms with Crippen molar-refractivity contribution in [2.45, 2.75) is 103 Å². The van der Waals surface area contributed by atoms with Gasteiger partial charge in [0.15, 0.2) is 6.10 Å². The van der Waals surface area contributed by atoms with Gasteiger partial charge in [0, 0.05) is 13.1 Å². The van der Waals surface area contributed by atoms with Gasteiger partial charge in [0.1, 0.15) is 5.69 Å². The van der Waals surface area contributed by atoms with E-state index < -0.39 is 25.8 Å². The predicted octanol–water partition coefficient (Wildman–Crippen LogP) is 6.70. The molecule has 43 heavy (non-hydrogen) atoms. The van der Waals surface area contributed by atoms with E-state index in [0.29, 0.717) is 25.2 Å². The Morgan fingerprint density at radius 2 is 1.67 bits per heavy atom. The molecule has 0 saturated carbocycles. The number of ether oxygens (including phenoxy) is 1. The zero-order valence-electron chi connectivity index (χ0n) is 25.5. The fraction of sp³-hybridized carbons (Fsp3) is 0.594. The van der Waals surface area contributed by atoms with E-state index in [9.17, 15) is 19.4 Å². The van der Waals surface area contributed by atoms with E-state index in [1.54, 1.807) is 10.9 Å². The van der Waals surface area contributed by atoms with Crippen molar-refractivity contribution < 1.29 is 28.6 Å². The number of rotatable bonds is 24. The second-order valence-corrected chi connectivity index (χ2v) is 13.1. The van der Waals surface area contributed by atoms with Gasteiger partial charge in [-0.25, -0.2) is 4.79 Å². The molecule has 0 aliphatic carbocycles. The Hall–Kier alpha value is -2.62. The summed E-state index contributed by atoms with van der Waals surface area (Å²) in [5.41, 5.74) is 1.62. The molecular formula is C32H49N4O6P. The molecule has 0 saturated heterocycles. The van der Waals surface area contributed by atoms with Crippen molar-refractivity contribution in [3.63, 3.8) is 0 Å². The molecule has 1 heterocycles. The molecule has 0 aliphatic heterocycles. The Morgan fingerprint density at radius 3 is 2.40 bits per heavy atom. The Morgan fingerprint density at radius 1 is 0.977 bits per heavy atom. The smallest absolute Gasteiger partial charge is 0.333 e. The lowest BCUT2D eigenvalue weighted by Crippen LogP contribution is -2.28. The van der Waals surface area contributed by atoms with Gasteiger partial charge in [-0.05, 0) is 41.8 Å². The van der Waals surface area contributed by atoms with Crippen LogP contribution < -0.4 is 5.32 Å². The van der Waals surface area contributed by atoms with Crippen molar-refractivity contribution in [2.24, 2.45) is 0 Å². The highest BCUT2D eigenvalue weighted by Crippen LogP contribution is 2.43. The Bertz CT molecular complexity index is 1270. The SMILES string of the molecule is CCCCCCCCCCCCn1cc(CO[C@H](CP(=O)(O)OCCCNCc2ccc3ccccc3c2)C(=O)O)nn1. The van der Waals surface area contributed by atoms with Crippen LogP contribution >= 0.6 is 7.60 Å². The largest absolute Gasteiger partial charge is 0.479 e. The molecule has 11 heteroatoms. The molecular weight excluding hydrogens is 567 g/mol. The van der Waals surface area contributed by atoms with E-state index >= 15 is 0 Å². The third-order valence-electron chi connectivity index (χ3n) is 7.37. The van der Waals surface area contributed by atoms with Gasteiger partial charge in [-0.1, -0.05) is 106 Å². The highest BCUT2D eigenvalue weighted by Gasteiger charge is 2.31. The second kappa shape index (κ2) is 19.6. The molecule has 1 aromatic heterocycles. The molecule has 1 unspecified atom stereocenters. The maximum absolute atomic E-state index is 12.5. The lowest BCUT2D eigenvalue weighted by Gasteiger charge is -2.17. The van der Waals surface area contributed by atoms with E-state index in [1.807, 2.05) is 12.1 Å². The van der Waals surface area contributed by atoms with Crippen LogP contribution in [0.4, 0.5) is 0 Å². The number of nitrogens with one attached hydrogen (secondary N) is 1. The zero-order valence-corrected chi connectivity index (χ0v) is 26.4. The number of aliphatic carboxylic acids is 1. The summed E-state index contributed by atoms with van der Waals surface area (Å²) in [5, 5.41) is 23.3. The van der Waals surface area contributed by atoms with Gasteiger partial charge >= 0.3 is 13.6 Å². The fourth-order valence-corrected chi connectivity index (χ4v) is 6.11. The van der Waals surface area contributed by atoms with Crippen molar-refractivity contribution in [3.8, 4) is 0 Å². The number of hydrogen-bond acceptors (Lipinski definition) is 7. The topological polar surface area (TPSA) is 136 Å². The molecule has 0 aliphatic rings. The number of benzene rings is 2. The van der Waals surface area contributed by atoms with Crippen LogP contribution in [0.25, 0.3) is 10.8 Å². The average Bonchev–Trinajstić information content (AvgIpc) is 3.45. The van der Waals surface area contributed by atoms with Crippen LogP contribution in [0.3, 0.4) is 0 Å². The van der Waals surface area contributed by atoms with E-state index in [4.69, 9.17) is 9.26 Å². The number of carboxylic acids is 1. The van der Waals surface area contributed by atoms with Crippen LogP contribution in [-0.4, -0.2) is 56.4 Å². The predicted molar refractivity (Wildman–Crippen MR) is 169 cm³/mol. The van der Waals surface area contributed by atoms with E-state index in [2.05, 4.69) is 52.9 Å². The first-order chi connectivity index (χ1) is 20.9. The summed E-state index contributed by atoms with van der Waals surface area (Å²) < 4.78 is 24.9. The maximum atomic E-state index is 12.5. The molecule has 3 aromatic rings. The molecule has 0 bridgehead atoms. The molecule has 3 N–H and O–H groups in total. The van der Waals surface area contributed by atoms with Crippen LogP contribution in [0.1, 0.15) is 88.8 Å². The average molecular weight is 617 g/mol. The highest BCUT2D eigenvalue weighted by atomic mass is 31.2. The first-order valence-corrected chi connectivity index (χ1v) is 17.5. The molecule has 2 aromatic carbocycles. The Labute approximate surface area is 255 Å². The lowest BCUT2D eigenvalue weighted by atomic mass is 10.1. The molecule has 0 radical (unpaired) electrons. The number of carboxylic acid groups (broad SMARTS) is 1. The maximum Gasteiger partial charge on any atom is 0.333 e. The molecule has 0 spiro atoms. The van der Waals surface area contributed by atoms with Gasteiger partial charge in [-0.3, -0.25) is 9.25 Å². The summed E-state index contributed by atoms with van der Waals surface area (Å²) in [5.74, 6) is -1.33. The van der Waals surface area contributed by atoms with Gasteiger partial charge in [-0.15, -0.1) is 5.10 Å². The third-order valence-corrected chi connectivity index (χ3v) is 8.74. The fourth-order valence-electron chi connectivity index (χ4n) is 4.91. The monoisotopic (exact) mass is 616 g/mol. The van der Waals surface area contributed by atoms with Crippen molar-refractivity contribution in [2.75, 3.05) is 19.3 Å². The van der Waals surface area contributed by atoms with Crippen molar-refractivity contribution in [3.05, 3.63) is 59.9 Å². The van der Waals surface area contributed by atoms with Crippen LogP contribution in [0, 0.1) is 0 Å². The highest BCUT2D eigenvalue weighted by molar-refractivity contribution is 7.52. The first-order valence-electron chi connectivity index (χ1n) is 15.7. The number of fused-ring (bicyclic) bond motifs is 1. The molecule has 3 rings (SSSR count). The Kier molecular flexibility index (Phi) is 15.9. The minimum atomic E-state index is -4.16. The van der Waals surface area contributed by atoms with Crippen molar-refractivity contribution in [1.29, 1.82) is 0 Å². The van der Waals surface area contributed by atoms with Gasteiger partial charge in [0.2, 0.25) is 0 Å². The third kappa shape index (κ3) is 14.1. The summed E-state index contributed by atoms with van der Waals surface area (Å²) in [6, 6.07) is 14.4. The standard InChI is InChI=1S/C32H49N4O6P/c1-2-3-4-5-6-7-8-9-10-13-20-36-24-30(34-35-36)25-41-31(32(37)38)26-43(39,40)42-21-14-19-33-23-27-17-18-28-15-11-12-16-29(28)22-27/h11-12,15-18,22,24,31,33H,2-10,13-14,19-21,23,25-26H2,1H3,(H,37,38)(H,39,40)/t31-/m1/s1. The van der Waals surface area contributed by atoms with Crippen LogP contribution in [0.5, 0.6) is 0 Å². The summed E-state index contributed by atoms with van der Waals surface area (Å²) in [6.45, 7) is 4.13.